The van der Waals surface area contributed by atoms with E-state index in [9.17, 15) is 24.0 Å². The van der Waals surface area contributed by atoms with Crippen molar-refractivity contribution in [3.8, 4) is 0 Å². The highest BCUT2D eigenvalue weighted by Gasteiger charge is 2.18. The van der Waals surface area contributed by atoms with Crippen LogP contribution in [-0.4, -0.2) is 65.9 Å². The number of nitrogens with two attached hydrogens (primary N) is 2. The van der Waals surface area contributed by atoms with E-state index in [2.05, 4.69) is 5.32 Å². The lowest BCUT2D eigenvalue weighted by atomic mass is 10.4. The number of carbonyl (C=O) groups excluding carboxylic acids is 4. The molecular weight excluding hydrogens is 274 g/mol. The van der Waals surface area contributed by atoms with Crippen LogP contribution >= 0.6 is 0 Å². The third-order valence-corrected chi connectivity index (χ3v) is 1.82. The van der Waals surface area contributed by atoms with Crippen LogP contribution in [0.4, 0.5) is 4.79 Å². The van der Waals surface area contributed by atoms with Gasteiger partial charge in [-0.3, -0.25) is 19.2 Å². The predicted molar refractivity (Wildman–Crippen MR) is 64.0 cm³/mol. The number of hydrogen-bond donors (Lipinski definition) is 5. The van der Waals surface area contributed by atoms with Gasteiger partial charge < -0.3 is 32.1 Å². The normalized spacial score (nSPS) is 9.40. The largest absolute Gasteiger partial charge is 0.480 e. The molecule has 20 heavy (non-hydrogen) atoms. The Morgan fingerprint density at radius 1 is 0.900 bits per heavy atom. The molecule has 0 saturated carbocycles. The van der Waals surface area contributed by atoms with Gasteiger partial charge in [-0.25, -0.2) is 4.79 Å². The van der Waals surface area contributed by atoms with Gasteiger partial charge in [-0.2, -0.15) is 0 Å². The van der Waals surface area contributed by atoms with E-state index in [0.29, 0.717) is 0 Å². The summed E-state index contributed by atoms with van der Waals surface area (Å²) >= 11 is 0. The lowest BCUT2D eigenvalue weighted by Crippen LogP contribution is -2.50. The smallest absolute Gasteiger partial charge is 0.322 e. The SMILES string of the molecule is NC(=O)CN(CC(N)=O)C(=O)NCC(=O)NCC(=O)O. The van der Waals surface area contributed by atoms with Gasteiger partial charge in [-0.05, 0) is 0 Å². The van der Waals surface area contributed by atoms with E-state index < -0.39 is 55.9 Å². The Morgan fingerprint density at radius 2 is 1.40 bits per heavy atom. The van der Waals surface area contributed by atoms with Gasteiger partial charge in [0.1, 0.15) is 19.6 Å². The van der Waals surface area contributed by atoms with Crippen molar-refractivity contribution in [3.05, 3.63) is 0 Å². The zero-order valence-corrected chi connectivity index (χ0v) is 10.4. The summed E-state index contributed by atoms with van der Waals surface area (Å²) in [5, 5.41) is 12.4. The topological polar surface area (TPSA) is 185 Å². The second-order valence-corrected chi connectivity index (χ2v) is 3.62. The highest BCUT2D eigenvalue weighted by atomic mass is 16.4. The predicted octanol–water partition coefficient (Wildman–Crippen LogP) is -3.83. The molecule has 0 aliphatic carbocycles. The molecule has 0 rings (SSSR count). The minimum Gasteiger partial charge on any atom is -0.480 e. The number of nitrogens with zero attached hydrogens (tertiary/aromatic N) is 1. The molecule has 0 bridgehead atoms. The molecule has 0 aromatic carbocycles. The molecule has 0 unspecified atom stereocenters. The van der Waals surface area contributed by atoms with E-state index in [1.807, 2.05) is 5.32 Å². The molecule has 11 heteroatoms. The van der Waals surface area contributed by atoms with Crippen molar-refractivity contribution in [2.24, 2.45) is 11.5 Å². The fourth-order valence-electron chi connectivity index (χ4n) is 1.08. The van der Waals surface area contributed by atoms with Gasteiger partial charge in [0.15, 0.2) is 0 Å². The summed E-state index contributed by atoms with van der Waals surface area (Å²) in [5.41, 5.74) is 9.77. The van der Waals surface area contributed by atoms with Crippen molar-refractivity contribution in [2.45, 2.75) is 0 Å². The maximum absolute atomic E-state index is 11.6. The summed E-state index contributed by atoms with van der Waals surface area (Å²) < 4.78 is 0. The van der Waals surface area contributed by atoms with Crippen molar-refractivity contribution < 1.29 is 29.1 Å². The van der Waals surface area contributed by atoms with E-state index >= 15 is 0 Å². The number of carboxylic acids is 1. The van der Waals surface area contributed by atoms with Crippen LogP contribution in [0.3, 0.4) is 0 Å². The van der Waals surface area contributed by atoms with Crippen LogP contribution in [-0.2, 0) is 19.2 Å². The van der Waals surface area contributed by atoms with E-state index in [0.717, 1.165) is 4.90 Å². The summed E-state index contributed by atoms with van der Waals surface area (Å²) in [5.74, 6) is -3.72. The second kappa shape index (κ2) is 8.29. The summed E-state index contributed by atoms with van der Waals surface area (Å²) in [6.07, 6.45) is 0. The van der Waals surface area contributed by atoms with Gasteiger partial charge in [0.25, 0.3) is 0 Å². The van der Waals surface area contributed by atoms with Gasteiger partial charge in [-0.15, -0.1) is 0 Å². The molecule has 0 spiro atoms. The number of nitrogens with one attached hydrogen (secondary N) is 2. The van der Waals surface area contributed by atoms with Crippen LogP contribution in [0.5, 0.6) is 0 Å². The lowest BCUT2D eigenvalue weighted by Gasteiger charge is -2.19. The summed E-state index contributed by atoms with van der Waals surface area (Å²) in [4.78, 5) is 55.0. The maximum atomic E-state index is 11.6. The Morgan fingerprint density at radius 3 is 1.80 bits per heavy atom. The molecule has 0 fully saturated rings. The van der Waals surface area contributed by atoms with E-state index in [1.165, 1.54) is 0 Å². The van der Waals surface area contributed by atoms with Crippen molar-refractivity contribution in [3.63, 3.8) is 0 Å². The van der Waals surface area contributed by atoms with Gasteiger partial charge in [0.2, 0.25) is 17.7 Å². The first kappa shape index (κ1) is 17.2. The third-order valence-electron chi connectivity index (χ3n) is 1.82. The van der Waals surface area contributed by atoms with E-state index in [1.54, 1.807) is 0 Å². The average Bonchev–Trinajstić information content (AvgIpc) is 2.31. The molecule has 11 nitrogen and oxygen atoms in total. The molecule has 0 saturated heterocycles. The lowest BCUT2D eigenvalue weighted by molar-refractivity contribution is -0.137. The number of rotatable bonds is 8. The monoisotopic (exact) mass is 289 g/mol. The number of amides is 5. The fourth-order valence-corrected chi connectivity index (χ4v) is 1.08. The number of carbonyl (C=O) groups is 5. The Kier molecular flexibility index (Phi) is 7.11. The molecule has 5 amide bonds. The molecule has 0 atom stereocenters. The Bertz CT molecular complexity index is 407. The molecule has 0 heterocycles. The first-order valence-electron chi connectivity index (χ1n) is 5.30. The Labute approximate surface area is 113 Å². The van der Waals surface area contributed by atoms with E-state index in [-0.39, 0.29) is 0 Å². The minimum atomic E-state index is -1.24. The molecule has 0 aliphatic heterocycles. The molecule has 0 aliphatic rings. The van der Waals surface area contributed by atoms with E-state index in [4.69, 9.17) is 16.6 Å². The first-order valence-corrected chi connectivity index (χ1v) is 5.30. The number of hydrogen-bond acceptors (Lipinski definition) is 5. The van der Waals surface area contributed by atoms with Gasteiger partial charge in [-0.1, -0.05) is 0 Å². The number of primary amides is 2. The minimum absolute atomic E-state index is 0.528. The molecule has 112 valence electrons. The van der Waals surface area contributed by atoms with Crippen molar-refractivity contribution in [2.75, 3.05) is 26.2 Å². The second-order valence-electron chi connectivity index (χ2n) is 3.62. The molecule has 0 aromatic rings. The molecule has 0 radical (unpaired) electrons. The van der Waals surface area contributed by atoms with Crippen LogP contribution in [0, 0.1) is 0 Å². The van der Waals surface area contributed by atoms with Crippen molar-refractivity contribution >= 4 is 29.7 Å². The van der Waals surface area contributed by atoms with Crippen LogP contribution in [0.2, 0.25) is 0 Å². The third kappa shape index (κ3) is 8.27. The molecule has 0 aromatic heterocycles. The van der Waals surface area contributed by atoms with Crippen molar-refractivity contribution in [1.29, 1.82) is 0 Å². The highest BCUT2D eigenvalue weighted by Crippen LogP contribution is 1.88. The quantitative estimate of drug-likeness (QED) is 0.304. The number of urea groups is 1. The maximum Gasteiger partial charge on any atom is 0.322 e. The summed E-state index contributed by atoms with van der Waals surface area (Å²) in [7, 11) is 0. The summed E-state index contributed by atoms with van der Waals surface area (Å²) in [6, 6.07) is -0.909. The van der Waals surface area contributed by atoms with Crippen LogP contribution in [0.1, 0.15) is 0 Å². The number of carboxylic acid groups (broad SMARTS) is 1. The number of aliphatic carboxylic acids is 1. The fraction of sp³-hybridized carbons (Fsp3) is 0.444. The van der Waals surface area contributed by atoms with Crippen LogP contribution < -0.4 is 22.1 Å². The van der Waals surface area contributed by atoms with Gasteiger partial charge in [0, 0.05) is 0 Å². The Hall–Kier alpha value is -2.85. The van der Waals surface area contributed by atoms with Gasteiger partial charge in [0.05, 0.1) is 6.54 Å². The standard InChI is InChI=1S/C9H15N5O6/c10-5(15)3-14(4-6(11)16)9(20)13-1-7(17)12-2-8(18)19/h1-4H2,(H2,10,15)(H2,11,16)(H,12,17)(H,13,20)(H,18,19). The van der Waals surface area contributed by atoms with Gasteiger partial charge >= 0.3 is 12.0 Å². The summed E-state index contributed by atoms with van der Waals surface area (Å²) in [6.45, 7) is -2.22. The highest BCUT2D eigenvalue weighted by molar-refractivity contribution is 5.90. The van der Waals surface area contributed by atoms with Crippen molar-refractivity contribution in [1.82, 2.24) is 15.5 Å². The molecule has 7 N–H and O–H groups in total. The van der Waals surface area contributed by atoms with Crippen LogP contribution in [0.25, 0.3) is 0 Å². The zero-order chi connectivity index (χ0) is 15.7. The zero-order valence-electron chi connectivity index (χ0n) is 10.4. The average molecular weight is 289 g/mol. The molecular formula is C9H15N5O6. The first-order chi connectivity index (χ1) is 9.22. The Balaban J connectivity index is 4.31. The van der Waals surface area contributed by atoms with Crippen LogP contribution in [0.15, 0.2) is 0 Å².